The molecule has 1 amide bonds. The van der Waals surface area contributed by atoms with Crippen molar-refractivity contribution >= 4 is 18.0 Å². The second kappa shape index (κ2) is 10.0. The molecule has 2 atom stereocenters. The lowest BCUT2D eigenvalue weighted by molar-refractivity contribution is -0.144. The zero-order valence-electron chi connectivity index (χ0n) is 19.7. The Labute approximate surface area is 189 Å². The molecule has 0 radical (unpaired) electrons. The van der Waals surface area contributed by atoms with Crippen molar-refractivity contribution in [2.45, 2.75) is 53.6 Å². The van der Waals surface area contributed by atoms with Crippen LogP contribution in [0.4, 0.5) is 4.79 Å². The molecule has 174 valence electrons. The number of carbonyl (C=O) groups is 3. The molecule has 2 N–H and O–H groups in total. The minimum absolute atomic E-state index is 0.0596. The van der Waals surface area contributed by atoms with E-state index in [-0.39, 0.29) is 13.2 Å². The van der Waals surface area contributed by atoms with E-state index >= 15 is 0 Å². The molecule has 1 aliphatic rings. The standard InChI is InChI=1S/C25H33NO6/c1-16-7-8-19(17(2)13-16)22(29)31-15-18-9-11-25(6,12-10-18)20(21(27)28)14-26-23(30)32-24(3,4)5/h7-11,13,20H,12,14-15H2,1-6H3,(H,26,30)(H,27,28)/t20-,25?/m0/s1. The molecule has 2 rings (SSSR count). The van der Waals surface area contributed by atoms with E-state index in [1.807, 2.05) is 45.1 Å². The molecule has 0 heterocycles. The molecule has 32 heavy (non-hydrogen) atoms. The molecule has 1 unspecified atom stereocenters. The molecule has 7 heteroatoms. The normalized spacial score (nSPS) is 19.0. The highest BCUT2D eigenvalue weighted by Gasteiger charge is 2.38. The SMILES string of the molecule is Cc1ccc(C(=O)OCC2=CCC(C)([C@@H](CNC(=O)OC(C)(C)C)C(=O)O)C=C2)c(C)c1. The molecular formula is C25H33NO6. The Balaban J connectivity index is 1.96. The number of aryl methyl sites for hydroxylation is 2. The van der Waals surface area contributed by atoms with Crippen molar-refractivity contribution in [3.63, 3.8) is 0 Å². The summed E-state index contributed by atoms with van der Waals surface area (Å²) >= 11 is 0. The van der Waals surface area contributed by atoms with Crippen LogP contribution in [0, 0.1) is 25.2 Å². The van der Waals surface area contributed by atoms with Crippen LogP contribution in [0.2, 0.25) is 0 Å². The number of carboxylic acid groups (broad SMARTS) is 1. The maximum Gasteiger partial charge on any atom is 0.407 e. The van der Waals surface area contributed by atoms with Gasteiger partial charge in [0.25, 0.3) is 0 Å². The number of ether oxygens (including phenoxy) is 2. The summed E-state index contributed by atoms with van der Waals surface area (Å²) in [4.78, 5) is 36.2. The van der Waals surface area contributed by atoms with Crippen molar-refractivity contribution in [3.05, 3.63) is 58.7 Å². The second-order valence-corrected chi connectivity index (χ2v) is 9.49. The van der Waals surface area contributed by atoms with Gasteiger partial charge in [-0.25, -0.2) is 9.59 Å². The van der Waals surface area contributed by atoms with Gasteiger partial charge in [-0.2, -0.15) is 0 Å². The van der Waals surface area contributed by atoms with Gasteiger partial charge in [0.1, 0.15) is 12.2 Å². The Kier molecular flexibility index (Phi) is 7.88. The average molecular weight is 444 g/mol. The van der Waals surface area contributed by atoms with Crippen molar-refractivity contribution in [2.24, 2.45) is 11.3 Å². The van der Waals surface area contributed by atoms with Gasteiger partial charge in [0.2, 0.25) is 0 Å². The number of alkyl carbamates (subject to hydrolysis) is 1. The summed E-state index contributed by atoms with van der Waals surface area (Å²) in [6.45, 7) is 10.9. The predicted octanol–water partition coefficient (Wildman–Crippen LogP) is 4.58. The number of allylic oxidation sites excluding steroid dienone is 2. The van der Waals surface area contributed by atoms with Crippen molar-refractivity contribution < 1.29 is 29.0 Å². The van der Waals surface area contributed by atoms with E-state index in [9.17, 15) is 19.5 Å². The quantitative estimate of drug-likeness (QED) is 0.598. The number of benzene rings is 1. The maximum absolute atomic E-state index is 12.4. The molecule has 0 saturated carbocycles. The van der Waals surface area contributed by atoms with Crippen molar-refractivity contribution in [2.75, 3.05) is 13.2 Å². The zero-order valence-corrected chi connectivity index (χ0v) is 19.7. The number of aliphatic carboxylic acids is 1. The molecule has 0 fully saturated rings. The van der Waals surface area contributed by atoms with E-state index < -0.39 is 35.0 Å². The molecular weight excluding hydrogens is 410 g/mol. The van der Waals surface area contributed by atoms with Crippen LogP contribution in [0.5, 0.6) is 0 Å². The van der Waals surface area contributed by atoms with E-state index in [0.29, 0.717) is 12.0 Å². The predicted molar refractivity (Wildman–Crippen MR) is 122 cm³/mol. The van der Waals surface area contributed by atoms with Crippen LogP contribution >= 0.6 is 0 Å². The fourth-order valence-corrected chi connectivity index (χ4v) is 3.52. The highest BCUT2D eigenvalue weighted by Crippen LogP contribution is 2.37. The lowest BCUT2D eigenvalue weighted by Crippen LogP contribution is -2.43. The zero-order chi connectivity index (χ0) is 24.1. The fraction of sp³-hybridized carbons (Fsp3) is 0.480. The molecule has 1 aromatic rings. The van der Waals surface area contributed by atoms with Crippen molar-refractivity contribution in [3.8, 4) is 0 Å². The summed E-state index contributed by atoms with van der Waals surface area (Å²) in [5.41, 5.74) is 1.89. The van der Waals surface area contributed by atoms with E-state index in [1.165, 1.54) is 0 Å². The van der Waals surface area contributed by atoms with Gasteiger partial charge in [-0.1, -0.05) is 42.8 Å². The number of hydrogen-bond acceptors (Lipinski definition) is 5. The van der Waals surface area contributed by atoms with Crippen LogP contribution < -0.4 is 5.32 Å². The Morgan fingerprint density at radius 2 is 1.91 bits per heavy atom. The van der Waals surface area contributed by atoms with E-state index in [1.54, 1.807) is 32.9 Å². The number of rotatable bonds is 7. The minimum atomic E-state index is -1.01. The Morgan fingerprint density at radius 1 is 1.22 bits per heavy atom. The van der Waals surface area contributed by atoms with Gasteiger partial charge in [0.15, 0.2) is 0 Å². The summed E-state index contributed by atoms with van der Waals surface area (Å²) in [6.07, 6.45) is 5.25. The third-order valence-electron chi connectivity index (χ3n) is 5.40. The molecule has 7 nitrogen and oxygen atoms in total. The lowest BCUT2D eigenvalue weighted by Gasteiger charge is -2.34. The Morgan fingerprint density at radius 3 is 2.44 bits per heavy atom. The molecule has 0 saturated heterocycles. The van der Waals surface area contributed by atoms with Gasteiger partial charge in [0.05, 0.1) is 11.5 Å². The van der Waals surface area contributed by atoms with E-state index in [0.717, 1.165) is 16.7 Å². The molecule has 1 aliphatic carbocycles. The number of nitrogens with one attached hydrogen (secondary N) is 1. The number of amides is 1. The number of carboxylic acids is 1. The smallest absolute Gasteiger partial charge is 0.407 e. The summed E-state index contributed by atoms with van der Waals surface area (Å²) in [6, 6.07) is 5.55. The highest BCUT2D eigenvalue weighted by molar-refractivity contribution is 5.91. The number of hydrogen-bond donors (Lipinski definition) is 2. The van der Waals surface area contributed by atoms with E-state index in [2.05, 4.69) is 5.32 Å². The third-order valence-corrected chi connectivity index (χ3v) is 5.40. The van der Waals surface area contributed by atoms with Gasteiger partial charge in [0, 0.05) is 12.0 Å². The fourth-order valence-electron chi connectivity index (χ4n) is 3.52. The molecule has 0 aliphatic heterocycles. The van der Waals surface area contributed by atoms with Crippen LogP contribution in [0.1, 0.15) is 55.6 Å². The van der Waals surface area contributed by atoms with Gasteiger partial charge in [-0.15, -0.1) is 0 Å². The third kappa shape index (κ3) is 6.97. The maximum atomic E-state index is 12.4. The van der Waals surface area contributed by atoms with Crippen LogP contribution in [0.3, 0.4) is 0 Å². The first-order valence-electron chi connectivity index (χ1n) is 10.6. The Hall–Kier alpha value is -3.09. The first-order valence-corrected chi connectivity index (χ1v) is 10.6. The van der Waals surface area contributed by atoms with Gasteiger partial charge >= 0.3 is 18.0 Å². The molecule has 0 bridgehead atoms. The number of carbonyl (C=O) groups excluding carboxylic acids is 2. The van der Waals surface area contributed by atoms with Crippen molar-refractivity contribution in [1.82, 2.24) is 5.32 Å². The van der Waals surface area contributed by atoms with Crippen LogP contribution in [0.25, 0.3) is 0 Å². The second-order valence-electron chi connectivity index (χ2n) is 9.49. The summed E-state index contributed by atoms with van der Waals surface area (Å²) < 4.78 is 10.6. The first-order chi connectivity index (χ1) is 14.8. The highest BCUT2D eigenvalue weighted by atomic mass is 16.6. The van der Waals surface area contributed by atoms with Gasteiger partial charge in [-0.3, -0.25) is 4.79 Å². The van der Waals surface area contributed by atoms with Crippen LogP contribution in [0.15, 0.2) is 42.0 Å². The first kappa shape index (κ1) is 25.2. The summed E-state index contributed by atoms with van der Waals surface area (Å²) in [7, 11) is 0. The largest absolute Gasteiger partial charge is 0.481 e. The Bertz CT molecular complexity index is 940. The molecule has 0 spiro atoms. The minimum Gasteiger partial charge on any atom is -0.481 e. The monoisotopic (exact) mass is 443 g/mol. The summed E-state index contributed by atoms with van der Waals surface area (Å²) in [5.74, 6) is -2.25. The molecule has 0 aromatic heterocycles. The topological polar surface area (TPSA) is 102 Å². The molecule has 1 aromatic carbocycles. The number of esters is 1. The van der Waals surface area contributed by atoms with E-state index in [4.69, 9.17) is 9.47 Å². The van der Waals surface area contributed by atoms with Gasteiger partial charge in [-0.05, 0) is 58.2 Å². The van der Waals surface area contributed by atoms with Crippen LogP contribution in [-0.2, 0) is 14.3 Å². The van der Waals surface area contributed by atoms with Crippen molar-refractivity contribution in [1.29, 1.82) is 0 Å². The van der Waals surface area contributed by atoms with Crippen LogP contribution in [-0.4, -0.2) is 41.9 Å². The summed E-state index contributed by atoms with van der Waals surface area (Å²) in [5, 5.41) is 12.3. The lowest BCUT2D eigenvalue weighted by atomic mass is 9.71. The van der Waals surface area contributed by atoms with Gasteiger partial charge < -0.3 is 19.9 Å². The average Bonchev–Trinajstić information content (AvgIpc) is 2.65.